The van der Waals surface area contributed by atoms with Gasteiger partial charge in [0.2, 0.25) is 0 Å². The molecule has 0 amide bonds. The smallest absolute Gasteiger partial charge is 0.0840 e. The second-order valence-electron chi connectivity index (χ2n) is 4.35. The fourth-order valence-electron chi connectivity index (χ4n) is 2.14. The highest BCUT2D eigenvalue weighted by molar-refractivity contribution is 4.72. The van der Waals surface area contributed by atoms with Gasteiger partial charge >= 0.3 is 0 Å². The molecule has 0 saturated carbocycles. The molecule has 0 spiro atoms. The summed E-state index contributed by atoms with van der Waals surface area (Å²) in [5, 5.41) is 2.23. The van der Waals surface area contributed by atoms with Crippen molar-refractivity contribution < 1.29 is 9.47 Å². The number of hydrogen-bond donors (Lipinski definition) is 1. The summed E-state index contributed by atoms with van der Waals surface area (Å²) in [4.78, 5) is 2.44. The van der Waals surface area contributed by atoms with Crippen molar-refractivity contribution in [1.82, 2.24) is 15.3 Å². The number of hydrogen-bond acceptors (Lipinski definition) is 5. The van der Waals surface area contributed by atoms with Crippen LogP contribution in [0.2, 0.25) is 0 Å². The zero-order valence-electron chi connectivity index (χ0n) is 10.2. The van der Waals surface area contributed by atoms with E-state index in [9.17, 15) is 0 Å². The van der Waals surface area contributed by atoms with Crippen molar-refractivity contribution in [2.24, 2.45) is 0 Å². The number of hydrazine groups is 1. The van der Waals surface area contributed by atoms with E-state index in [-0.39, 0.29) is 0 Å². The van der Waals surface area contributed by atoms with Crippen molar-refractivity contribution >= 4 is 0 Å². The highest BCUT2D eigenvalue weighted by atomic mass is 16.5. The average molecular weight is 229 g/mol. The highest BCUT2D eigenvalue weighted by Crippen LogP contribution is 2.04. The molecule has 5 nitrogen and oxygen atoms in total. The molecule has 2 rings (SSSR count). The first-order valence-corrected chi connectivity index (χ1v) is 6.28. The van der Waals surface area contributed by atoms with Gasteiger partial charge in [-0.1, -0.05) is 6.92 Å². The van der Waals surface area contributed by atoms with Crippen molar-refractivity contribution in [1.29, 1.82) is 0 Å². The molecule has 2 aliphatic rings. The number of nitrogens with zero attached hydrogens (tertiary/aromatic N) is 2. The lowest BCUT2D eigenvalue weighted by Crippen LogP contribution is -2.52. The number of nitrogens with one attached hydrogen (secondary N) is 1. The van der Waals surface area contributed by atoms with Gasteiger partial charge in [0.15, 0.2) is 0 Å². The van der Waals surface area contributed by atoms with Crippen LogP contribution < -0.4 is 5.43 Å². The molecule has 1 N–H and O–H groups in total. The van der Waals surface area contributed by atoms with Gasteiger partial charge in [0.25, 0.3) is 0 Å². The fourth-order valence-corrected chi connectivity index (χ4v) is 2.14. The largest absolute Gasteiger partial charge is 0.379 e. The van der Waals surface area contributed by atoms with Crippen molar-refractivity contribution in [2.45, 2.75) is 13.0 Å². The van der Waals surface area contributed by atoms with Crippen LogP contribution in [0.25, 0.3) is 0 Å². The lowest BCUT2D eigenvalue weighted by molar-refractivity contribution is -0.0454. The van der Waals surface area contributed by atoms with E-state index in [4.69, 9.17) is 9.47 Å². The van der Waals surface area contributed by atoms with Crippen LogP contribution >= 0.6 is 0 Å². The standard InChI is InChI=1S/C11H23N3O2/c1-2-13-3-8-16-11(10-13)9-12-14-4-6-15-7-5-14/h11-12H,2-10H2,1H3. The van der Waals surface area contributed by atoms with Crippen molar-refractivity contribution in [2.75, 3.05) is 59.1 Å². The predicted molar refractivity (Wildman–Crippen MR) is 62.2 cm³/mol. The summed E-state index contributed by atoms with van der Waals surface area (Å²) < 4.78 is 11.0. The molecule has 0 bridgehead atoms. The molecular formula is C11H23N3O2. The number of likely N-dealkylation sites (N-methyl/N-ethyl adjacent to an activating group) is 1. The predicted octanol–water partition coefficient (Wildman–Crippen LogP) is -0.456. The fraction of sp³-hybridized carbons (Fsp3) is 1.00. The molecule has 2 aliphatic heterocycles. The van der Waals surface area contributed by atoms with Crippen LogP contribution in [-0.4, -0.2) is 75.1 Å². The Morgan fingerprint density at radius 2 is 2.00 bits per heavy atom. The number of ether oxygens (including phenoxy) is 2. The molecule has 5 heteroatoms. The molecule has 1 atom stereocenters. The summed E-state index contributed by atoms with van der Waals surface area (Å²) in [6.45, 7) is 10.8. The van der Waals surface area contributed by atoms with Gasteiger partial charge in [-0.15, -0.1) is 0 Å². The molecule has 0 radical (unpaired) electrons. The first-order valence-electron chi connectivity index (χ1n) is 6.28. The van der Waals surface area contributed by atoms with Crippen LogP contribution in [0.3, 0.4) is 0 Å². The molecule has 0 aliphatic carbocycles. The molecule has 1 unspecified atom stereocenters. The summed E-state index contributed by atoms with van der Waals surface area (Å²) in [6, 6.07) is 0. The first-order chi connectivity index (χ1) is 7.88. The third-order valence-corrected chi connectivity index (χ3v) is 3.22. The van der Waals surface area contributed by atoms with Gasteiger partial charge in [0, 0.05) is 32.7 Å². The molecule has 16 heavy (non-hydrogen) atoms. The van der Waals surface area contributed by atoms with Crippen LogP contribution in [-0.2, 0) is 9.47 Å². The Balaban J connectivity index is 1.64. The Morgan fingerprint density at radius 3 is 2.75 bits per heavy atom. The van der Waals surface area contributed by atoms with E-state index in [0.717, 1.165) is 59.1 Å². The van der Waals surface area contributed by atoms with Crippen LogP contribution in [0.1, 0.15) is 6.92 Å². The minimum Gasteiger partial charge on any atom is -0.379 e. The zero-order chi connectivity index (χ0) is 11.2. The lowest BCUT2D eigenvalue weighted by Gasteiger charge is -2.34. The summed E-state index contributed by atoms with van der Waals surface area (Å²) in [5.74, 6) is 0. The van der Waals surface area contributed by atoms with Gasteiger partial charge in [0.05, 0.1) is 25.9 Å². The van der Waals surface area contributed by atoms with Gasteiger partial charge in [-0.25, -0.2) is 5.01 Å². The van der Waals surface area contributed by atoms with Gasteiger partial charge in [-0.3, -0.25) is 10.3 Å². The van der Waals surface area contributed by atoms with E-state index in [2.05, 4.69) is 22.3 Å². The minimum atomic E-state index is 0.330. The van der Waals surface area contributed by atoms with Gasteiger partial charge in [-0.05, 0) is 6.54 Å². The molecule has 0 aromatic carbocycles. The second-order valence-corrected chi connectivity index (χ2v) is 4.35. The Kier molecular flexibility index (Phi) is 4.99. The van der Waals surface area contributed by atoms with Crippen molar-refractivity contribution in [3.63, 3.8) is 0 Å². The van der Waals surface area contributed by atoms with Crippen molar-refractivity contribution in [3.8, 4) is 0 Å². The highest BCUT2D eigenvalue weighted by Gasteiger charge is 2.20. The van der Waals surface area contributed by atoms with E-state index < -0.39 is 0 Å². The van der Waals surface area contributed by atoms with Gasteiger partial charge in [0.1, 0.15) is 0 Å². The lowest BCUT2D eigenvalue weighted by atomic mass is 10.3. The third-order valence-electron chi connectivity index (χ3n) is 3.22. The summed E-state index contributed by atoms with van der Waals surface area (Å²) >= 11 is 0. The summed E-state index contributed by atoms with van der Waals surface area (Å²) in [5.41, 5.74) is 3.44. The Hall–Kier alpha value is -0.200. The monoisotopic (exact) mass is 229 g/mol. The maximum Gasteiger partial charge on any atom is 0.0840 e. The van der Waals surface area contributed by atoms with Crippen LogP contribution in [0.15, 0.2) is 0 Å². The zero-order valence-corrected chi connectivity index (χ0v) is 10.2. The summed E-state index contributed by atoms with van der Waals surface area (Å²) in [6.07, 6.45) is 0.330. The minimum absolute atomic E-state index is 0.330. The Morgan fingerprint density at radius 1 is 1.19 bits per heavy atom. The van der Waals surface area contributed by atoms with E-state index in [1.165, 1.54) is 0 Å². The van der Waals surface area contributed by atoms with Crippen molar-refractivity contribution in [3.05, 3.63) is 0 Å². The molecule has 2 fully saturated rings. The first kappa shape index (κ1) is 12.3. The normalized spacial score (nSPS) is 29.4. The topological polar surface area (TPSA) is 37.0 Å². The number of morpholine rings is 2. The number of rotatable bonds is 4. The molecule has 94 valence electrons. The van der Waals surface area contributed by atoms with Gasteiger partial charge < -0.3 is 9.47 Å². The van der Waals surface area contributed by atoms with Gasteiger partial charge in [-0.2, -0.15) is 0 Å². The van der Waals surface area contributed by atoms with Crippen LogP contribution in [0.5, 0.6) is 0 Å². The van der Waals surface area contributed by atoms with E-state index in [1.54, 1.807) is 0 Å². The average Bonchev–Trinajstić information content (AvgIpc) is 2.38. The third kappa shape index (κ3) is 3.68. The van der Waals surface area contributed by atoms with E-state index in [0.29, 0.717) is 6.10 Å². The Bertz CT molecular complexity index is 198. The van der Waals surface area contributed by atoms with Crippen LogP contribution in [0.4, 0.5) is 0 Å². The molecular weight excluding hydrogens is 206 g/mol. The molecule has 0 aromatic rings. The van der Waals surface area contributed by atoms with E-state index >= 15 is 0 Å². The SMILES string of the molecule is CCN1CCOC(CNN2CCOCC2)C1. The molecule has 2 heterocycles. The summed E-state index contributed by atoms with van der Waals surface area (Å²) in [7, 11) is 0. The second kappa shape index (κ2) is 6.51. The quantitative estimate of drug-likeness (QED) is 0.706. The maximum absolute atomic E-state index is 5.74. The van der Waals surface area contributed by atoms with E-state index in [1.807, 2.05) is 0 Å². The Labute approximate surface area is 97.6 Å². The molecule has 2 saturated heterocycles. The van der Waals surface area contributed by atoms with Crippen LogP contribution in [0, 0.1) is 0 Å². The maximum atomic E-state index is 5.74. The molecule has 0 aromatic heterocycles.